The van der Waals surface area contributed by atoms with Gasteiger partial charge < -0.3 is 11.1 Å². The summed E-state index contributed by atoms with van der Waals surface area (Å²) in [5, 5.41) is 28.1. The lowest BCUT2D eigenvalue weighted by Crippen LogP contribution is -2.07. The van der Waals surface area contributed by atoms with Gasteiger partial charge in [0.1, 0.15) is 29.0 Å². The third kappa shape index (κ3) is 4.67. The highest BCUT2D eigenvalue weighted by Gasteiger charge is 2.18. The van der Waals surface area contributed by atoms with E-state index < -0.39 is 10.7 Å². The van der Waals surface area contributed by atoms with Crippen LogP contribution in [0.4, 0.5) is 21.6 Å². The monoisotopic (exact) mass is 422 g/mol. The van der Waals surface area contributed by atoms with Crippen molar-refractivity contribution >= 4 is 23.0 Å². The zero-order chi connectivity index (χ0) is 22.5. The van der Waals surface area contributed by atoms with E-state index in [1.165, 1.54) is 54.1 Å². The summed E-state index contributed by atoms with van der Waals surface area (Å²) in [5.41, 5.74) is 7.66. The zero-order valence-corrected chi connectivity index (χ0v) is 16.6. The first kappa shape index (κ1) is 21.4. The van der Waals surface area contributed by atoms with Crippen LogP contribution >= 0.6 is 0 Å². The van der Waals surface area contributed by atoms with Crippen molar-refractivity contribution in [2.75, 3.05) is 17.6 Å². The van der Waals surface area contributed by atoms with Gasteiger partial charge in [-0.1, -0.05) is 0 Å². The third-order valence-corrected chi connectivity index (χ3v) is 4.68. The highest BCUT2D eigenvalue weighted by atomic mass is 19.1. The number of nitro benzene ring substituents is 1. The Balaban J connectivity index is 1.71. The van der Waals surface area contributed by atoms with Crippen molar-refractivity contribution in [1.29, 1.82) is 5.26 Å². The molecule has 0 aliphatic rings. The Morgan fingerprint density at radius 3 is 2.65 bits per heavy atom. The maximum Gasteiger partial charge on any atom is 0.293 e. The number of aryl methyl sites for hydroxylation is 1. The van der Waals surface area contributed by atoms with Crippen LogP contribution in [0.1, 0.15) is 35.0 Å². The maximum absolute atomic E-state index is 13.2. The molecule has 0 unspecified atom stereocenters. The molecule has 0 radical (unpaired) electrons. The Labute approximate surface area is 177 Å². The number of nitriles is 1. The van der Waals surface area contributed by atoms with Gasteiger partial charge in [0.05, 0.1) is 16.3 Å². The fourth-order valence-corrected chi connectivity index (χ4v) is 3.08. The molecule has 0 bridgehead atoms. The van der Waals surface area contributed by atoms with Crippen LogP contribution in [0.15, 0.2) is 42.5 Å². The van der Waals surface area contributed by atoms with E-state index in [-0.39, 0.29) is 28.4 Å². The number of Topliss-reactive ketones (excluding diaryl/α,β-unsaturated/α-hetero) is 1. The SMILES string of the molecule is CC(=O)c1ccc(NCCCc2nn(-c3ccc(F)cc3)c(N)c2C#N)c([N+](=O)[O-])c1. The summed E-state index contributed by atoms with van der Waals surface area (Å²) in [5.74, 6) is -0.493. The minimum Gasteiger partial charge on any atom is -0.382 e. The summed E-state index contributed by atoms with van der Waals surface area (Å²) in [7, 11) is 0. The molecule has 0 amide bonds. The number of halogens is 1. The Morgan fingerprint density at radius 1 is 1.32 bits per heavy atom. The molecule has 0 fully saturated rings. The van der Waals surface area contributed by atoms with Gasteiger partial charge in [-0.25, -0.2) is 9.07 Å². The Kier molecular flexibility index (Phi) is 6.26. The number of nitrogens with one attached hydrogen (secondary N) is 1. The van der Waals surface area contributed by atoms with Crippen LogP contribution in [0, 0.1) is 27.3 Å². The molecule has 3 aromatic rings. The molecular formula is C21H19FN6O3. The van der Waals surface area contributed by atoms with Crippen molar-refractivity contribution < 1.29 is 14.1 Å². The van der Waals surface area contributed by atoms with Crippen molar-refractivity contribution in [2.24, 2.45) is 0 Å². The van der Waals surface area contributed by atoms with Crippen LogP contribution < -0.4 is 11.1 Å². The number of nitrogen functional groups attached to an aromatic ring is 1. The average molecular weight is 422 g/mol. The minimum absolute atomic E-state index is 0.160. The van der Waals surface area contributed by atoms with E-state index in [2.05, 4.69) is 10.4 Å². The minimum atomic E-state index is -0.548. The van der Waals surface area contributed by atoms with Crippen LogP contribution in [0.25, 0.3) is 5.69 Å². The van der Waals surface area contributed by atoms with E-state index in [0.29, 0.717) is 36.5 Å². The number of carbonyl (C=O) groups excluding carboxylic acids is 1. The summed E-state index contributed by atoms with van der Waals surface area (Å²) < 4.78 is 14.5. The molecule has 10 heteroatoms. The van der Waals surface area contributed by atoms with E-state index in [9.17, 15) is 24.6 Å². The number of nitrogens with two attached hydrogens (primary N) is 1. The number of ketones is 1. The molecule has 1 aromatic heterocycles. The molecule has 0 spiro atoms. The van der Waals surface area contributed by atoms with Gasteiger partial charge in [0.25, 0.3) is 5.69 Å². The highest BCUT2D eigenvalue weighted by Crippen LogP contribution is 2.26. The third-order valence-electron chi connectivity index (χ3n) is 4.68. The lowest BCUT2D eigenvalue weighted by Gasteiger charge is -2.07. The lowest BCUT2D eigenvalue weighted by molar-refractivity contribution is -0.384. The molecular weight excluding hydrogens is 403 g/mol. The molecule has 0 aliphatic heterocycles. The fraction of sp³-hybridized carbons (Fsp3) is 0.190. The molecule has 0 aliphatic carbocycles. The Morgan fingerprint density at radius 2 is 2.03 bits per heavy atom. The van der Waals surface area contributed by atoms with E-state index in [0.717, 1.165) is 0 Å². The zero-order valence-electron chi connectivity index (χ0n) is 16.6. The second-order valence-electron chi connectivity index (χ2n) is 6.78. The van der Waals surface area contributed by atoms with E-state index in [4.69, 9.17) is 5.73 Å². The van der Waals surface area contributed by atoms with Crippen LogP contribution in [-0.4, -0.2) is 27.0 Å². The van der Waals surface area contributed by atoms with Gasteiger partial charge in [-0.2, -0.15) is 10.4 Å². The van der Waals surface area contributed by atoms with Crippen LogP contribution in [0.5, 0.6) is 0 Å². The van der Waals surface area contributed by atoms with Gasteiger partial charge >= 0.3 is 0 Å². The van der Waals surface area contributed by atoms with Crippen molar-refractivity contribution in [2.45, 2.75) is 19.8 Å². The summed E-state index contributed by atoms with van der Waals surface area (Å²) in [6, 6.07) is 11.9. The average Bonchev–Trinajstić information content (AvgIpc) is 3.06. The van der Waals surface area contributed by atoms with Crippen molar-refractivity contribution in [3.63, 3.8) is 0 Å². The number of hydrogen-bond donors (Lipinski definition) is 2. The summed E-state index contributed by atoms with van der Waals surface area (Å²) in [6.45, 7) is 1.71. The maximum atomic E-state index is 13.2. The van der Waals surface area contributed by atoms with E-state index in [1.807, 2.05) is 6.07 Å². The smallest absolute Gasteiger partial charge is 0.293 e. The van der Waals surface area contributed by atoms with Crippen molar-refractivity contribution in [3.8, 4) is 11.8 Å². The second kappa shape index (κ2) is 9.04. The molecule has 0 saturated carbocycles. The molecule has 0 saturated heterocycles. The molecule has 3 rings (SSSR count). The number of rotatable bonds is 8. The Bertz CT molecular complexity index is 1180. The lowest BCUT2D eigenvalue weighted by atomic mass is 10.1. The van der Waals surface area contributed by atoms with Gasteiger partial charge in [0.15, 0.2) is 5.78 Å². The fourth-order valence-electron chi connectivity index (χ4n) is 3.08. The second-order valence-corrected chi connectivity index (χ2v) is 6.78. The number of nitro groups is 1. The molecule has 1 heterocycles. The number of hydrogen-bond acceptors (Lipinski definition) is 7. The predicted octanol–water partition coefficient (Wildman–Crippen LogP) is 3.62. The highest BCUT2D eigenvalue weighted by molar-refractivity contribution is 5.95. The molecule has 9 nitrogen and oxygen atoms in total. The first-order valence-corrected chi connectivity index (χ1v) is 9.38. The first-order valence-electron chi connectivity index (χ1n) is 9.38. The number of carbonyl (C=O) groups is 1. The molecule has 2 aromatic carbocycles. The predicted molar refractivity (Wildman–Crippen MR) is 113 cm³/mol. The van der Waals surface area contributed by atoms with Gasteiger partial charge in [-0.05, 0) is 56.2 Å². The summed E-state index contributed by atoms with van der Waals surface area (Å²) in [4.78, 5) is 22.2. The number of benzene rings is 2. The summed E-state index contributed by atoms with van der Waals surface area (Å²) >= 11 is 0. The first-order chi connectivity index (χ1) is 14.8. The van der Waals surface area contributed by atoms with Crippen LogP contribution in [-0.2, 0) is 6.42 Å². The van der Waals surface area contributed by atoms with Gasteiger partial charge in [-0.3, -0.25) is 14.9 Å². The molecule has 31 heavy (non-hydrogen) atoms. The summed E-state index contributed by atoms with van der Waals surface area (Å²) in [6.07, 6.45) is 0.910. The van der Waals surface area contributed by atoms with E-state index >= 15 is 0 Å². The van der Waals surface area contributed by atoms with Crippen LogP contribution in [0.2, 0.25) is 0 Å². The van der Waals surface area contributed by atoms with Gasteiger partial charge in [-0.15, -0.1) is 0 Å². The van der Waals surface area contributed by atoms with Crippen molar-refractivity contribution in [1.82, 2.24) is 9.78 Å². The quantitative estimate of drug-likeness (QED) is 0.244. The number of anilines is 2. The van der Waals surface area contributed by atoms with Gasteiger partial charge in [0.2, 0.25) is 0 Å². The molecule has 0 atom stereocenters. The number of aromatic nitrogens is 2. The molecule has 3 N–H and O–H groups in total. The van der Waals surface area contributed by atoms with E-state index in [1.54, 1.807) is 0 Å². The largest absolute Gasteiger partial charge is 0.382 e. The van der Waals surface area contributed by atoms with Crippen LogP contribution in [0.3, 0.4) is 0 Å². The standard InChI is InChI=1S/C21H19FN6O3/c1-13(29)14-4-9-19(20(11-14)28(30)31)25-10-2-3-18-17(12-23)21(24)27(26-18)16-7-5-15(22)6-8-16/h4-9,11,25H,2-3,10,24H2,1H3. The topological polar surface area (TPSA) is 140 Å². The van der Waals surface area contributed by atoms with Crippen molar-refractivity contribution in [3.05, 3.63) is 75.2 Å². The Hall–Kier alpha value is -4.26. The normalized spacial score (nSPS) is 10.5. The van der Waals surface area contributed by atoms with Gasteiger partial charge in [0, 0.05) is 18.2 Å². The molecule has 158 valence electrons. The number of nitrogens with zero attached hydrogens (tertiary/aromatic N) is 4.